The Bertz CT molecular complexity index is 717. The third kappa shape index (κ3) is 3.52. The van der Waals surface area contributed by atoms with Gasteiger partial charge in [0.15, 0.2) is 15.6 Å². The van der Waals surface area contributed by atoms with Crippen LogP contribution in [0.4, 0.5) is 0 Å². The van der Waals surface area contributed by atoms with E-state index in [-0.39, 0.29) is 10.7 Å². The van der Waals surface area contributed by atoms with E-state index < -0.39 is 15.6 Å². The van der Waals surface area contributed by atoms with Crippen molar-refractivity contribution >= 4 is 42.9 Å². The zero-order chi connectivity index (χ0) is 14.0. The van der Waals surface area contributed by atoms with Gasteiger partial charge in [0.05, 0.1) is 13.6 Å². The Kier molecular flexibility index (Phi) is 4.23. The molecule has 0 spiro atoms. The van der Waals surface area contributed by atoms with E-state index in [0.717, 1.165) is 9.35 Å². The summed E-state index contributed by atoms with van der Waals surface area (Å²) in [5, 5.41) is 0. The lowest BCUT2D eigenvalue weighted by Gasteiger charge is -2.03. The third-order valence-corrected chi connectivity index (χ3v) is 5.80. The molecule has 2 rings (SSSR count). The second-order valence-corrected chi connectivity index (χ2v) is 8.56. The van der Waals surface area contributed by atoms with Gasteiger partial charge in [-0.3, -0.25) is 4.79 Å². The van der Waals surface area contributed by atoms with Crippen molar-refractivity contribution in [2.24, 2.45) is 0 Å². The highest BCUT2D eigenvalue weighted by Crippen LogP contribution is 2.23. The van der Waals surface area contributed by atoms with E-state index >= 15 is 0 Å². The number of sulfone groups is 1. The van der Waals surface area contributed by atoms with Crippen LogP contribution in [0.3, 0.4) is 0 Å². The Morgan fingerprint density at radius 1 is 1.26 bits per heavy atom. The number of halogens is 1. The molecule has 1 aromatic carbocycles. The fourth-order valence-corrected chi connectivity index (χ4v) is 4.33. The minimum Gasteiger partial charge on any atom is -0.292 e. The van der Waals surface area contributed by atoms with Crippen LogP contribution in [0.1, 0.15) is 15.2 Å². The summed E-state index contributed by atoms with van der Waals surface area (Å²) in [5.74, 6) is -0.874. The zero-order valence-corrected chi connectivity index (χ0v) is 13.3. The summed E-state index contributed by atoms with van der Waals surface area (Å²) in [7, 11) is -3.58. The Balaban J connectivity index is 2.25. The van der Waals surface area contributed by atoms with Gasteiger partial charge in [0.25, 0.3) is 0 Å². The van der Waals surface area contributed by atoms with Crippen molar-refractivity contribution in [3.8, 4) is 0 Å². The van der Waals surface area contributed by atoms with Crippen LogP contribution < -0.4 is 0 Å². The van der Waals surface area contributed by atoms with Crippen molar-refractivity contribution in [3.63, 3.8) is 0 Å². The summed E-state index contributed by atoms with van der Waals surface area (Å²) >= 11 is 4.49. The summed E-state index contributed by atoms with van der Waals surface area (Å²) in [4.78, 5) is 12.6. The van der Waals surface area contributed by atoms with Crippen LogP contribution in [-0.2, 0) is 9.84 Å². The van der Waals surface area contributed by atoms with Crippen LogP contribution in [0.25, 0.3) is 0 Å². The second-order valence-electron chi connectivity index (χ2n) is 4.10. The van der Waals surface area contributed by atoms with E-state index in [4.69, 9.17) is 0 Å². The fourth-order valence-electron chi connectivity index (χ4n) is 1.60. The van der Waals surface area contributed by atoms with Crippen LogP contribution in [0.15, 0.2) is 45.1 Å². The summed E-state index contributed by atoms with van der Waals surface area (Å²) in [6.07, 6.45) is 0. The molecule has 1 aromatic heterocycles. The Hall–Kier alpha value is -0.980. The van der Waals surface area contributed by atoms with Gasteiger partial charge in [-0.15, -0.1) is 11.3 Å². The SMILES string of the molecule is Cc1cccc(S(=O)(=O)CC(=O)c2ccc(Br)s2)c1. The van der Waals surface area contributed by atoms with Crippen LogP contribution in [0, 0.1) is 6.92 Å². The van der Waals surface area contributed by atoms with Crippen molar-refractivity contribution in [1.29, 1.82) is 0 Å². The largest absolute Gasteiger partial charge is 0.292 e. The number of carbonyl (C=O) groups excluding carboxylic acids is 1. The van der Waals surface area contributed by atoms with Crippen LogP contribution in [0.2, 0.25) is 0 Å². The topological polar surface area (TPSA) is 51.2 Å². The Morgan fingerprint density at radius 3 is 2.58 bits per heavy atom. The molecule has 0 fully saturated rings. The smallest absolute Gasteiger partial charge is 0.188 e. The van der Waals surface area contributed by atoms with E-state index in [1.165, 1.54) is 17.4 Å². The van der Waals surface area contributed by atoms with Gasteiger partial charge >= 0.3 is 0 Å². The zero-order valence-electron chi connectivity index (χ0n) is 10.1. The molecular formula is C13H11BrO3S2. The highest BCUT2D eigenvalue weighted by atomic mass is 79.9. The number of hydrogen-bond acceptors (Lipinski definition) is 4. The maximum atomic E-state index is 12.1. The fraction of sp³-hybridized carbons (Fsp3) is 0.154. The second kappa shape index (κ2) is 5.56. The first-order valence-corrected chi connectivity index (χ1v) is 8.72. The van der Waals surface area contributed by atoms with E-state index in [0.29, 0.717) is 4.88 Å². The summed E-state index contributed by atoms with van der Waals surface area (Å²) in [6.45, 7) is 1.82. The number of thiophene rings is 1. The summed E-state index contributed by atoms with van der Waals surface area (Å²) in [6, 6.07) is 9.94. The van der Waals surface area contributed by atoms with Gasteiger partial charge in [-0.05, 0) is 52.7 Å². The molecule has 2 aromatic rings. The molecular weight excluding hydrogens is 348 g/mol. The molecule has 6 heteroatoms. The molecule has 0 aliphatic rings. The van der Waals surface area contributed by atoms with Crippen LogP contribution >= 0.6 is 27.3 Å². The Labute approximate surface area is 124 Å². The van der Waals surface area contributed by atoms with E-state index in [1.807, 2.05) is 13.0 Å². The molecule has 0 unspecified atom stereocenters. The molecule has 0 radical (unpaired) electrons. The van der Waals surface area contributed by atoms with Gasteiger partial charge in [-0.1, -0.05) is 12.1 Å². The number of ketones is 1. The molecule has 1 heterocycles. The number of benzene rings is 1. The first-order valence-electron chi connectivity index (χ1n) is 5.46. The molecule has 3 nitrogen and oxygen atoms in total. The van der Waals surface area contributed by atoms with E-state index in [9.17, 15) is 13.2 Å². The molecule has 0 N–H and O–H groups in total. The number of hydrogen-bond donors (Lipinski definition) is 0. The van der Waals surface area contributed by atoms with Crippen LogP contribution in [-0.4, -0.2) is 20.0 Å². The number of carbonyl (C=O) groups is 1. The predicted molar refractivity (Wildman–Crippen MR) is 79.6 cm³/mol. The minimum absolute atomic E-state index is 0.191. The lowest BCUT2D eigenvalue weighted by molar-refractivity contribution is 0.102. The summed E-state index contributed by atoms with van der Waals surface area (Å²) in [5.41, 5.74) is 0.854. The van der Waals surface area contributed by atoms with Gasteiger partial charge < -0.3 is 0 Å². The predicted octanol–water partition coefficient (Wildman–Crippen LogP) is 3.48. The molecule has 100 valence electrons. The number of aryl methyl sites for hydroxylation is 1. The highest BCUT2D eigenvalue weighted by Gasteiger charge is 2.21. The first-order chi connectivity index (χ1) is 8.88. The monoisotopic (exact) mass is 358 g/mol. The van der Waals surface area contributed by atoms with Crippen molar-refractivity contribution in [2.75, 3.05) is 5.75 Å². The first kappa shape index (κ1) is 14.4. The maximum absolute atomic E-state index is 12.1. The van der Waals surface area contributed by atoms with Crippen molar-refractivity contribution < 1.29 is 13.2 Å². The van der Waals surface area contributed by atoms with E-state index in [1.54, 1.807) is 24.3 Å². The van der Waals surface area contributed by atoms with Gasteiger partial charge in [-0.2, -0.15) is 0 Å². The standard InChI is InChI=1S/C13H11BrO3S2/c1-9-3-2-4-10(7-9)19(16,17)8-11(15)12-5-6-13(14)18-12/h2-7H,8H2,1H3. The van der Waals surface area contributed by atoms with Gasteiger partial charge in [0.2, 0.25) is 0 Å². The molecule has 0 amide bonds. The lowest BCUT2D eigenvalue weighted by atomic mass is 10.2. The molecule has 0 aliphatic heterocycles. The quantitative estimate of drug-likeness (QED) is 0.786. The number of Topliss-reactive ketones (excluding diaryl/α,β-unsaturated/α-hetero) is 1. The van der Waals surface area contributed by atoms with Gasteiger partial charge in [-0.25, -0.2) is 8.42 Å². The van der Waals surface area contributed by atoms with Crippen molar-refractivity contribution in [3.05, 3.63) is 50.6 Å². The molecule has 0 saturated carbocycles. The molecule has 0 aliphatic carbocycles. The lowest BCUT2D eigenvalue weighted by Crippen LogP contribution is -2.15. The average Bonchev–Trinajstić information content (AvgIpc) is 2.75. The molecule has 0 saturated heterocycles. The summed E-state index contributed by atoms with van der Waals surface area (Å²) < 4.78 is 25.1. The Morgan fingerprint density at radius 2 is 2.00 bits per heavy atom. The average molecular weight is 359 g/mol. The van der Waals surface area contributed by atoms with Crippen molar-refractivity contribution in [1.82, 2.24) is 0 Å². The van der Waals surface area contributed by atoms with E-state index in [2.05, 4.69) is 15.9 Å². The maximum Gasteiger partial charge on any atom is 0.188 e. The van der Waals surface area contributed by atoms with Gasteiger partial charge in [0.1, 0.15) is 5.75 Å². The third-order valence-electron chi connectivity index (χ3n) is 2.52. The highest BCUT2D eigenvalue weighted by molar-refractivity contribution is 9.11. The minimum atomic E-state index is -3.58. The van der Waals surface area contributed by atoms with Crippen LogP contribution in [0.5, 0.6) is 0 Å². The normalized spacial score (nSPS) is 11.5. The molecule has 19 heavy (non-hydrogen) atoms. The molecule has 0 atom stereocenters. The number of rotatable bonds is 4. The molecule has 0 bridgehead atoms. The van der Waals surface area contributed by atoms with Crippen molar-refractivity contribution in [2.45, 2.75) is 11.8 Å². The van der Waals surface area contributed by atoms with Gasteiger partial charge in [0, 0.05) is 0 Å².